The van der Waals surface area contributed by atoms with Crippen molar-refractivity contribution in [3.05, 3.63) is 18.2 Å². The topological polar surface area (TPSA) is 51.2 Å². The van der Waals surface area contributed by atoms with E-state index in [1.165, 1.54) is 0 Å². The van der Waals surface area contributed by atoms with E-state index in [1.54, 1.807) is 19.1 Å². The molecule has 1 atom stereocenters. The molecular weight excluding hydrogens is 296 g/mol. The Balaban J connectivity index is 1.68. The van der Waals surface area contributed by atoms with E-state index in [1.807, 2.05) is 18.2 Å². The molecule has 0 aliphatic carbocycles. The SMILES string of the molecule is COc1ccc(OC)c(N2COC3(CN4CCC3CC4)C2=O)c1. The van der Waals surface area contributed by atoms with Gasteiger partial charge in [-0.2, -0.15) is 0 Å². The van der Waals surface area contributed by atoms with E-state index < -0.39 is 5.60 Å². The van der Waals surface area contributed by atoms with Crippen LogP contribution in [-0.4, -0.2) is 57.0 Å². The first-order valence-corrected chi connectivity index (χ1v) is 8.08. The third-order valence-corrected chi connectivity index (χ3v) is 5.44. The molecule has 0 aromatic heterocycles. The van der Waals surface area contributed by atoms with Gasteiger partial charge in [0, 0.05) is 18.5 Å². The van der Waals surface area contributed by atoms with Crippen LogP contribution in [0.5, 0.6) is 11.5 Å². The monoisotopic (exact) mass is 318 g/mol. The number of nitrogens with zero attached hydrogens (tertiary/aromatic N) is 2. The molecule has 1 aromatic carbocycles. The number of hydrogen-bond donors (Lipinski definition) is 0. The number of hydrogen-bond acceptors (Lipinski definition) is 5. The highest BCUT2D eigenvalue weighted by Crippen LogP contribution is 2.45. The molecule has 23 heavy (non-hydrogen) atoms. The van der Waals surface area contributed by atoms with Crippen LogP contribution in [0.25, 0.3) is 0 Å². The summed E-state index contributed by atoms with van der Waals surface area (Å²) in [5.41, 5.74) is 0.0371. The van der Waals surface area contributed by atoms with Gasteiger partial charge < -0.3 is 14.2 Å². The Hall–Kier alpha value is -1.79. The molecule has 1 spiro atoms. The normalized spacial score (nSPS) is 32.6. The minimum Gasteiger partial charge on any atom is -0.497 e. The van der Waals surface area contributed by atoms with Crippen LogP contribution < -0.4 is 14.4 Å². The summed E-state index contributed by atoms with van der Waals surface area (Å²) in [6.07, 6.45) is 2.07. The van der Waals surface area contributed by atoms with Crippen molar-refractivity contribution in [3.63, 3.8) is 0 Å². The average molecular weight is 318 g/mol. The molecule has 5 rings (SSSR count). The number of piperidine rings is 3. The lowest BCUT2D eigenvalue weighted by Crippen LogP contribution is -2.63. The van der Waals surface area contributed by atoms with Crippen LogP contribution in [0, 0.1) is 5.92 Å². The highest BCUT2D eigenvalue weighted by molar-refractivity contribution is 6.03. The van der Waals surface area contributed by atoms with Gasteiger partial charge in [0.1, 0.15) is 18.2 Å². The molecule has 124 valence electrons. The molecule has 1 amide bonds. The molecule has 0 radical (unpaired) electrons. The third kappa shape index (κ3) is 2.12. The van der Waals surface area contributed by atoms with E-state index in [-0.39, 0.29) is 12.6 Å². The first-order valence-electron chi connectivity index (χ1n) is 8.08. The summed E-state index contributed by atoms with van der Waals surface area (Å²) < 4.78 is 16.8. The maximum atomic E-state index is 13.2. The number of amides is 1. The molecule has 6 nitrogen and oxygen atoms in total. The van der Waals surface area contributed by atoms with Crippen molar-refractivity contribution in [2.45, 2.75) is 18.4 Å². The zero-order valence-corrected chi connectivity index (χ0v) is 13.6. The molecule has 1 aromatic rings. The highest BCUT2D eigenvalue weighted by Gasteiger charge is 2.58. The molecule has 0 saturated carbocycles. The maximum Gasteiger partial charge on any atom is 0.262 e. The Bertz CT molecular complexity index is 627. The number of benzene rings is 1. The van der Waals surface area contributed by atoms with Crippen LogP contribution in [0.4, 0.5) is 5.69 Å². The predicted octanol–water partition coefficient (Wildman–Crippen LogP) is 1.49. The van der Waals surface area contributed by atoms with Crippen molar-refractivity contribution >= 4 is 11.6 Å². The van der Waals surface area contributed by atoms with Crippen molar-refractivity contribution < 1.29 is 19.0 Å². The molecule has 6 heteroatoms. The third-order valence-electron chi connectivity index (χ3n) is 5.44. The van der Waals surface area contributed by atoms with Gasteiger partial charge >= 0.3 is 0 Å². The number of anilines is 1. The fraction of sp³-hybridized carbons (Fsp3) is 0.588. The van der Waals surface area contributed by atoms with Crippen molar-refractivity contribution in [2.75, 3.05) is 45.5 Å². The molecule has 4 heterocycles. The minimum atomic E-state index is -0.676. The van der Waals surface area contributed by atoms with Crippen molar-refractivity contribution in [1.82, 2.24) is 4.90 Å². The van der Waals surface area contributed by atoms with Gasteiger partial charge in [-0.3, -0.25) is 14.6 Å². The standard InChI is InChI=1S/C17H22N2O4/c1-21-13-3-4-15(22-2)14(9-13)19-11-23-17(16(19)20)10-18-7-5-12(17)6-8-18/h3-4,9,12H,5-8,10-11H2,1-2H3. The van der Waals surface area contributed by atoms with E-state index in [0.29, 0.717) is 29.6 Å². The lowest BCUT2D eigenvalue weighted by molar-refractivity contribution is -0.155. The molecule has 2 bridgehead atoms. The van der Waals surface area contributed by atoms with E-state index >= 15 is 0 Å². The molecule has 1 unspecified atom stereocenters. The van der Waals surface area contributed by atoms with Gasteiger partial charge in [0.25, 0.3) is 5.91 Å². The van der Waals surface area contributed by atoms with E-state index in [2.05, 4.69) is 4.90 Å². The molecule has 0 N–H and O–H groups in total. The molecule has 4 aliphatic rings. The second kappa shape index (κ2) is 5.39. The number of carbonyl (C=O) groups is 1. The number of methoxy groups -OCH3 is 2. The smallest absolute Gasteiger partial charge is 0.262 e. The van der Waals surface area contributed by atoms with Gasteiger partial charge in [0.15, 0.2) is 5.60 Å². The number of fused-ring (bicyclic) bond motifs is 2. The molecule has 4 saturated heterocycles. The highest BCUT2D eigenvalue weighted by atomic mass is 16.5. The number of carbonyl (C=O) groups excluding carboxylic acids is 1. The van der Waals surface area contributed by atoms with Gasteiger partial charge in [0.2, 0.25) is 0 Å². The van der Waals surface area contributed by atoms with Gasteiger partial charge in [0.05, 0.1) is 19.9 Å². The van der Waals surface area contributed by atoms with Crippen molar-refractivity contribution in [2.24, 2.45) is 5.92 Å². The Labute approximate surface area is 135 Å². The Kier molecular flexibility index (Phi) is 3.46. The molecular formula is C17H22N2O4. The summed E-state index contributed by atoms with van der Waals surface area (Å²) >= 11 is 0. The zero-order valence-electron chi connectivity index (χ0n) is 13.6. The van der Waals surface area contributed by atoms with Gasteiger partial charge in [-0.1, -0.05) is 0 Å². The minimum absolute atomic E-state index is 0.0541. The van der Waals surface area contributed by atoms with E-state index in [0.717, 1.165) is 25.9 Å². The molecule has 4 aliphatic heterocycles. The number of ether oxygens (including phenoxy) is 3. The van der Waals surface area contributed by atoms with Crippen LogP contribution in [0.2, 0.25) is 0 Å². The first kappa shape index (κ1) is 14.8. The Morgan fingerprint density at radius 2 is 2.00 bits per heavy atom. The lowest BCUT2D eigenvalue weighted by atomic mass is 9.75. The number of rotatable bonds is 3. The fourth-order valence-corrected chi connectivity index (χ4v) is 4.14. The summed E-state index contributed by atoms with van der Waals surface area (Å²) in [5.74, 6) is 1.73. The van der Waals surface area contributed by atoms with Gasteiger partial charge in [-0.15, -0.1) is 0 Å². The fourth-order valence-electron chi connectivity index (χ4n) is 4.14. The van der Waals surface area contributed by atoms with Crippen LogP contribution in [0.1, 0.15) is 12.8 Å². The van der Waals surface area contributed by atoms with Gasteiger partial charge in [-0.05, 0) is 38.1 Å². The summed E-state index contributed by atoms with van der Waals surface area (Å²) in [7, 11) is 3.22. The second-order valence-corrected chi connectivity index (χ2v) is 6.48. The first-order chi connectivity index (χ1) is 11.2. The van der Waals surface area contributed by atoms with Crippen molar-refractivity contribution in [3.8, 4) is 11.5 Å². The predicted molar refractivity (Wildman–Crippen MR) is 84.9 cm³/mol. The second-order valence-electron chi connectivity index (χ2n) is 6.48. The van der Waals surface area contributed by atoms with Crippen LogP contribution in [-0.2, 0) is 9.53 Å². The summed E-state index contributed by atoms with van der Waals surface area (Å²) in [4.78, 5) is 17.3. The van der Waals surface area contributed by atoms with E-state index in [9.17, 15) is 4.79 Å². The summed E-state index contributed by atoms with van der Waals surface area (Å²) in [6.45, 7) is 3.13. The average Bonchev–Trinajstić information content (AvgIpc) is 2.92. The lowest BCUT2D eigenvalue weighted by Gasteiger charge is -2.49. The van der Waals surface area contributed by atoms with Crippen LogP contribution >= 0.6 is 0 Å². The summed E-state index contributed by atoms with van der Waals surface area (Å²) in [5, 5.41) is 0. The molecule has 4 fully saturated rings. The van der Waals surface area contributed by atoms with Gasteiger partial charge in [-0.25, -0.2) is 0 Å². The van der Waals surface area contributed by atoms with E-state index in [4.69, 9.17) is 14.2 Å². The van der Waals surface area contributed by atoms with Crippen LogP contribution in [0.3, 0.4) is 0 Å². The Morgan fingerprint density at radius 3 is 2.61 bits per heavy atom. The quantitative estimate of drug-likeness (QED) is 0.845. The summed E-state index contributed by atoms with van der Waals surface area (Å²) in [6, 6.07) is 5.48. The van der Waals surface area contributed by atoms with Crippen molar-refractivity contribution in [1.29, 1.82) is 0 Å². The largest absolute Gasteiger partial charge is 0.497 e. The zero-order chi connectivity index (χ0) is 16.0. The van der Waals surface area contributed by atoms with Crippen LogP contribution in [0.15, 0.2) is 18.2 Å². The maximum absolute atomic E-state index is 13.2. The Morgan fingerprint density at radius 1 is 1.22 bits per heavy atom.